The van der Waals surface area contributed by atoms with Crippen molar-refractivity contribution in [3.05, 3.63) is 52.5 Å². The zero-order valence-electron chi connectivity index (χ0n) is 16.5. The predicted molar refractivity (Wildman–Crippen MR) is 122 cm³/mol. The Morgan fingerprint density at radius 3 is 2.48 bits per heavy atom. The first-order chi connectivity index (χ1) is 14.0. The number of anilines is 1. The number of thiocarbonyl (C=S) groups is 1. The van der Waals surface area contributed by atoms with Gasteiger partial charge in [0.05, 0.1) is 17.7 Å². The van der Waals surface area contributed by atoms with Crippen molar-refractivity contribution in [3.63, 3.8) is 0 Å². The fourth-order valence-electron chi connectivity index (χ4n) is 2.30. The van der Waals surface area contributed by atoms with Crippen LogP contribution in [0.25, 0.3) is 0 Å². The molecule has 156 valence electrons. The Kier molecular flexibility index (Phi) is 9.90. The van der Waals surface area contributed by atoms with Crippen LogP contribution >= 0.6 is 28.1 Å². The molecule has 2 rings (SSSR count). The lowest BCUT2D eigenvalue weighted by molar-refractivity contribution is 0.0977. The number of halogens is 1. The first kappa shape index (κ1) is 23.1. The van der Waals surface area contributed by atoms with Gasteiger partial charge in [-0.2, -0.15) is 0 Å². The van der Waals surface area contributed by atoms with Crippen LogP contribution in [0.1, 0.15) is 30.1 Å². The molecule has 0 aliphatic heterocycles. The molecule has 2 N–H and O–H groups in total. The van der Waals surface area contributed by atoms with Gasteiger partial charge in [-0.3, -0.25) is 10.1 Å². The van der Waals surface area contributed by atoms with E-state index in [1.807, 2.05) is 24.3 Å². The second-order valence-corrected chi connectivity index (χ2v) is 7.38. The molecule has 0 aliphatic rings. The van der Waals surface area contributed by atoms with Gasteiger partial charge in [-0.1, -0.05) is 13.3 Å². The molecule has 8 heteroatoms. The minimum Gasteiger partial charge on any atom is -0.492 e. The van der Waals surface area contributed by atoms with Gasteiger partial charge >= 0.3 is 0 Å². The SMILES string of the molecule is CCCCOc1ccc(C(=O)NC(=S)Nc2ccc(OCCOC)cc2)cc1Br. The standard InChI is InChI=1S/C21H25BrN2O4S/c1-3-4-11-28-19-10-5-15(14-18(19)22)20(25)24-21(29)23-16-6-8-17(9-7-16)27-13-12-26-2/h5-10,14H,3-4,11-13H2,1-2H3,(H2,23,24,25,29). The van der Waals surface area contributed by atoms with Crippen molar-refractivity contribution in [1.29, 1.82) is 0 Å². The number of hydrogen-bond donors (Lipinski definition) is 2. The van der Waals surface area contributed by atoms with Gasteiger partial charge < -0.3 is 19.5 Å². The summed E-state index contributed by atoms with van der Waals surface area (Å²) in [7, 11) is 1.63. The van der Waals surface area contributed by atoms with Crippen molar-refractivity contribution < 1.29 is 19.0 Å². The molecular weight excluding hydrogens is 456 g/mol. The van der Waals surface area contributed by atoms with Crippen LogP contribution in [0, 0.1) is 0 Å². The van der Waals surface area contributed by atoms with Gasteiger partial charge in [0.1, 0.15) is 18.1 Å². The fourth-order valence-corrected chi connectivity index (χ4v) is 3.00. The average Bonchev–Trinajstić information content (AvgIpc) is 2.70. The Bertz CT molecular complexity index is 815. The van der Waals surface area contributed by atoms with E-state index in [4.69, 9.17) is 26.4 Å². The van der Waals surface area contributed by atoms with Crippen molar-refractivity contribution in [2.45, 2.75) is 19.8 Å². The number of carbonyl (C=O) groups is 1. The zero-order valence-corrected chi connectivity index (χ0v) is 18.9. The molecular formula is C21H25BrN2O4S. The van der Waals surface area contributed by atoms with Gasteiger partial charge in [-0.05, 0) is 77.0 Å². The van der Waals surface area contributed by atoms with Crippen molar-refractivity contribution in [2.75, 3.05) is 32.2 Å². The molecule has 0 spiro atoms. The number of unbranched alkanes of at least 4 members (excludes halogenated alkanes) is 1. The highest BCUT2D eigenvalue weighted by molar-refractivity contribution is 9.10. The van der Waals surface area contributed by atoms with E-state index in [0.717, 1.165) is 28.8 Å². The highest BCUT2D eigenvalue weighted by Crippen LogP contribution is 2.26. The Morgan fingerprint density at radius 2 is 1.83 bits per heavy atom. The summed E-state index contributed by atoms with van der Waals surface area (Å²) >= 11 is 8.68. The Morgan fingerprint density at radius 1 is 1.07 bits per heavy atom. The maximum Gasteiger partial charge on any atom is 0.257 e. The summed E-state index contributed by atoms with van der Waals surface area (Å²) in [5.41, 5.74) is 1.22. The summed E-state index contributed by atoms with van der Waals surface area (Å²) in [5.74, 6) is 1.14. The molecule has 2 aromatic carbocycles. The van der Waals surface area contributed by atoms with Crippen LogP contribution in [0.2, 0.25) is 0 Å². The van der Waals surface area contributed by atoms with E-state index in [9.17, 15) is 4.79 Å². The normalized spacial score (nSPS) is 10.3. The largest absolute Gasteiger partial charge is 0.492 e. The molecule has 0 fully saturated rings. The second-order valence-electron chi connectivity index (χ2n) is 6.12. The maximum absolute atomic E-state index is 12.4. The minimum atomic E-state index is -0.303. The van der Waals surface area contributed by atoms with Crippen molar-refractivity contribution in [3.8, 4) is 11.5 Å². The first-order valence-corrected chi connectivity index (χ1v) is 10.5. The molecule has 1 amide bonds. The van der Waals surface area contributed by atoms with Crippen LogP contribution < -0.4 is 20.1 Å². The lowest BCUT2D eigenvalue weighted by atomic mass is 10.2. The summed E-state index contributed by atoms with van der Waals surface area (Å²) < 4.78 is 16.9. The summed E-state index contributed by atoms with van der Waals surface area (Å²) in [5, 5.41) is 5.86. The van der Waals surface area contributed by atoms with Gasteiger partial charge in [0, 0.05) is 18.4 Å². The molecule has 0 saturated heterocycles. The van der Waals surface area contributed by atoms with Crippen LogP contribution in [0.4, 0.5) is 5.69 Å². The predicted octanol–water partition coefficient (Wildman–Crippen LogP) is 4.78. The monoisotopic (exact) mass is 480 g/mol. The Labute approximate surface area is 185 Å². The number of ether oxygens (including phenoxy) is 3. The number of hydrogen-bond acceptors (Lipinski definition) is 5. The van der Waals surface area contributed by atoms with E-state index in [-0.39, 0.29) is 11.0 Å². The van der Waals surface area contributed by atoms with Gasteiger partial charge in [0.25, 0.3) is 5.91 Å². The Balaban J connectivity index is 1.86. The third-order valence-corrected chi connectivity index (χ3v) is 4.67. The third kappa shape index (κ3) is 8.00. The average molecular weight is 481 g/mol. The van der Waals surface area contributed by atoms with Crippen LogP contribution in [0.5, 0.6) is 11.5 Å². The second kappa shape index (κ2) is 12.4. The van der Waals surface area contributed by atoms with E-state index in [1.165, 1.54) is 0 Å². The number of carbonyl (C=O) groups excluding carboxylic acids is 1. The number of amides is 1. The van der Waals surface area contributed by atoms with E-state index >= 15 is 0 Å². The van der Waals surface area contributed by atoms with Gasteiger partial charge in [-0.25, -0.2) is 0 Å². The van der Waals surface area contributed by atoms with E-state index < -0.39 is 0 Å². The van der Waals surface area contributed by atoms with Crippen LogP contribution in [0.15, 0.2) is 46.9 Å². The van der Waals surface area contributed by atoms with Crippen LogP contribution in [-0.4, -0.2) is 38.0 Å². The van der Waals surface area contributed by atoms with Crippen molar-refractivity contribution >= 4 is 44.9 Å². The molecule has 6 nitrogen and oxygen atoms in total. The summed E-state index contributed by atoms with van der Waals surface area (Å²) in [6, 6.07) is 12.5. The molecule has 0 atom stereocenters. The molecule has 0 aliphatic carbocycles. The van der Waals surface area contributed by atoms with Gasteiger partial charge in [0.2, 0.25) is 0 Å². The highest BCUT2D eigenvalue weighted by atomic mass is 79.9. The molecule has 29 heavy (non-hydrogen) atoms. The summed E-state index contributed by atoms with van der Waals surface area (Å²) in [6.07, 6.45) is 2.04. The molecule has 0 saturated carbocycles. The van der Waals surface area contributed by atoms with Crippen LogP contribution in [0.3, 0.4) is 0 Å². The number of benzene rings is 2. The lowest BCUT2D eigenvalue weighted by Gasteiger charge is -2.12. The van der Waals surface area contributed by atoms with Gasteiger partial charge in [-0.15, -0.1) is 0 Å². The quantitative estimate of drug-likeness (QED) is 0.376. The van der Waals surface area contributed by atoms with Crippen LogP contribution in [-0.2, 0) is 4.74 Å². The molecule has 0 bridgehead atoms. The summed E-state index contributed by atoms with van der Waals surface area (Å²) in [4.78, 5) is 12.4. The lowest BCUT2D eigenvalue weighted by Crippen LogP contribution is -2.34. The molecule has 0 heterocycles. The zero-order chi connectivity index (χ0) is 21.1. The van der Waals surface area contributed by atoms with E-state index in [1.54, 1.807) is 25.3 Å². The number of nitrogens with one attached hydrogen (secondary N) is 2. The van der Waals surface area contributed by atoms with Crippen molar-refractivity contribution in [1.82, 2.24) is 5.32 Å². The molecule has 0 radical (unpaired) electrons. The smallest absolute Gasteiger partial charge is 0.257 e. The Hall–Kier alpha value is -2.16. The number of rotatable bonds is 10. The molecule has 2 aromatic rings. The maximum atomic E-state index is 12.4. The van der Waals surface area contributed by atoms with Crippen molar-refractivity contribution in [2.24, 2.45) is 0 Å². The topological polar surface area (TPSA) is 68.8 Å². The molecule has 0 unspecified atom stereocenters. The van der Waals surface area contributed by atoms with E-state index in [0.29, 0.717) is 31.1 Å². The first-order valence-electron chi connectivity index (χ1n) is 9.30. The van der Waals surface area contributed by atoms with E-state index in [2.05, 4.69) is 33.5 Å². The fraction of sp³-hybridized carbons (Fsp3) is 0.333. The number of methoxy groups -OCH3 is 1. The van der Waals surface area contributed by atoms with Gasteiger partial charge in [0.15, 0.2) is 5.11 Å². The summed E-state index contributed by atoms with van der Waals surface area (Å²) in [6.45, 7) is 3.76. The minimum absolute atomic E-state index is 0.211. The highest BCUT2D eigenvalue weighted by Gasteiger charge is 2.11. The molecule has 0 aromatic heterocycles. The third-order valence-electron chi connectivity index (χ3n) is 3.84.